The number of amides is 1. The number of carbonyl (C=O) groups is 1. The minimum absolute atomic E-state index is 0.0341. The van der Waals surface area contributed by atoms with Crippen LogP contribution in [-0.2, 0) is 9.63 Å². The van der Waals surface area contributed by atoms with Gasteiger partial charge in [0.1, 0.15) is 12.8 Å². The number of likely N-dealkylation sites (tertiary alicyclic amines) is 1. The summed E-state index contributed by atoms with van der Waals surface area (Å²) in [5, 5.41) is 3.55. The predicted octanol–water partition coefficient (Wildman–Crippen LogP) is 1.02. The van der Waals surface area contributed by atoms with Crippen LogP contribution in [-0.4, -0.2) is 36.7 Å². The first-order valence-corrected chi connectivity index (χ1v) is 4.79. The van der Waals surface area contributed by atoms with Crippen LogP contribution >= 0.6 is 0 Å². The maximum Gasteiger partial charge on any atom is 0.268 e. The van der Waals surface area contributed by atoms with Crippen LogP contribution in [0.3, 0.4) is 0 Å². The highest BCUT2D eigenvalue weighted by atomic mass is 16.6. The van der Waals surface area contributed by atoms with Crippen LogP contribution < -0.4 is 0 Å². The first-order valence-electron chi connectivity index (χ1n) is 4.79. The van der Waals surface area contributed by atoms with Gasteiger partial charge in [-0.2, -0.15) is 0 Å². The van der Waals surface area contributed by atoms with Gasteiger partial charge in [-0.15, -0.1) is 0 Å². The van der Waals surface area contributed by atoms with Crippen LogP contribution in [0.25, 0.3) is 0 Å². The van der Waals surface area contributed by atoms with Crippen LogP contribution in [0.15, 0.2) is 5.16 Å². The number of nitrogens with zero attached hydrogens (tertiary/aromatic N) is 2. The van der Waals surface area contributed by atoms with Crippen LogP contribution in [0.5, 0.6) is 0 Å². The van der Waals surface area contributed by atoms with Crippen molar-refractivity contribution in [2.75, 3.05) is 19.7 Å². The molecule has 0 aromatic rings. The van der Waals surface area contributed by atoms with Crippen LogP contribution in [0, 0.1) is 0 Å². The Morgan fingerprint density at radius 2 is 2.15 bits per heavy atom. The molecule has 4 heteroatoms. The maximum atomic E-state index is 11.4. The Morgan fingerprint density at radius 3 is 2.77 bits per heavy atom. The summed E-state index contributed by atoms with van der Waals surface area (Å²) in [6.07, 6.45) is 4.70. The molecule has 0 N–H and O–H groups in total. The van der Waals surface area contributed by atoms with E-state index in [1.165, 1.54) is 12.6 Å². The lowest BCUT2D eigenvalue weighted by Crippen LogP contribution is -2.36. The average molecular weight is 184 g/mol. The number of rotatable bonds is 3. The molecule has 1 fully saturated rings. The lowest BCUT2D eigenvalue weighted by atomic mass is 10.1. The SMILES string of the molecule is CCON=CC(=O)N1CCCCC1. The zero-order valence-electron chi connectivity index (χ0n) is 8.03. The molecule has 0 radical (unpaired) electrons. The molecule has 0 spiro atoms. The molecular formula is C9H16N2O2. The van der Waals surface area contributed by atoms with Gasteiger partial charge in [0.15, 0.2) is 0 Å². The van der Waals surface area contributed by atoms with Crippen molar-refractivity contribution in [2.24, 2.45) is 5.16 Å². The van der Waals surface area contributed by atoms with E-state index in [4.69, 9.17) is 4.84 Å². The summed E-state index contributed by atoms with van der Waals surface area (Å²) in [6, 6.07) is 0. The normalized spacial score (nSPS) is 17.8. The number of oxime groups is 1. The summed E-state index contributed by atoms with van der Waals surface area (Å²) in [4.78, 5) is 17.9. The lowest BCUT2D eigenvalue weighted by molar-refractivity contribution is -0.124. The van der Waals surface area contributed by atoms with Gasteiger partial charge in [0.2, 0.25) is 0 Å². The molecule has 0 unspecified atom stereocenters. The highest BCUT2D eigenvalue weighted by Gasteiger charge is 2.14. The molecule has 1 heterocycles. The number of hydrogen-bond acceptors (Lipinski definition) is 3. The Kier molecular flexibility index (Phi) is 4.29. The molecular weight excluding hydrogens is 168 g/mol. The highest BCUT2D eigenvalue weighted by molar-refractivity contribution is 6.25. The first-order chi connectivity index (χ1) is 6.34. The fraction of sp³-hybridized carbons (Fsp3) is 0.778. The van der Waals surface area contributed by atoms with Crippen molar-refractivity contribution in [3.05, 3.63) is 0 Å². The van der Waals surface area contributed by atoms with Crippen molar-refractivity contribution in [3.63, 3.8) is 0 Å². The summed E-state index contributed by atoms with van der Waals surface area (Å²) in [6.45, 7) is 4.06. The van der Waals surface area contributed by atoms with Crippen molar-refractivity contribution in [1.29, 1.82) is 0 Å². The summed E-state index contributed by atoms with van der Waals surface area (Å²) in [5.41, 5.74) is 0. The van der Waals surface area contributed by atoms with Gasteiger partial charge in [-0.3, -0.25) is 4.79 Å². The Bertz CT molecular complexity index is 186. The predicted molar refractivity (Wildman–Crippen MR) is 50.5 cm³/mol. The molecule has 1 rings (SSSR count). The molecule has 1 amide bonds. The van der Waals surface area contributed by atoms with E-state index in [2.05, 4.69) is 5.16 Å². The van der Waals surface area contributed by atoms with E-state index in [0.717, 1.165) is 25.9 Å². The summed E-state index contributed by atoms with van der Waals surface area (Å²) in [7, 11) is 0. The third-order valence-corrected chi connectivity index (χ3v) is 2.03. The second kappa shape index (κ2) is 5.56. The second-order valence-electron chi connectivity index (χ2n) is 3.04. The molecule has 74 valence electrons. The van der Waals surface area contributed by atoms with Gasteiger partial charge in [-0.25, -0.2) is 0 Å². The molecule has 0 aliphatic carbocycles. The van der Waals surface area contributed by atoms with Crippen LogP contribution in [0.4, 0.5) is 0 Å². The van der Waals surface area contributed by atoms with Gasteiger partial charge in [0.25, 0.3) is 5.91 Å². The van der Waals surface area contributed by atoms with E-state index in [9.17, 15) is 4.79 Å². The van der Waals surface area contributed by atoms with Crippen molar-refractivity contribution in [2.45, 2.75) is 26.2 Å². The quantitative estimate of drug-likeness (QED) is 0.485. The molecule has 0 bridgehead atoms. The topological polar surface area (TPSA) is 41.9 Å². The Hall–Kier alpha value is -1.06. The molecule has 0 atom stereocenters. The van der Waals surface area contributed by atoms with Crippen molar-refractivity contribution in [3.8, 4) is 0 Å². The van der Waals surface area contributed by atoms with Crippen LogP contribution in [0.1, 0.15) is 26.2 Å². The molecule has 0 aromatic heterocycles. The Balaban J connectivity index is 2.28. The number of carbonyl (C=O) groups excluding carboxylic acids is 1. The van der Waals surface area contributed by atoms with Gasteiger partial charge in [0, 0.05) is 13.1 Å². The molecule has 1 aliphatic rings. The number of piperidine rings is 1. The van der Waals surface area contributed by atoms with E-state index in [-0.39, 0.29) is 5.91 Å². The average Bonchev–Trinajstić information content (AvgIpc) is 2.19. The standard InChI is InChI=1S/C9H16N2O2/c1-2-13-10-8-9(12)11-6-4-3-5-7-11/h8H,2-7H2,1H3. The lowest BCUT2D eigenvalue weighted by Gasteiger charge is -2.24. The monoisotopic (exact) mass is 184 g/mol. The van der Waals surface area contributed by atoms with Crippen molar-refractivity contribution >= 4 is 12.1 Å². The maximum absolute atomic E-state index is 11.4. The van der Waals surface area contributed by atoms with E-state index in [1.807, 2.05) is 11.8 Å². The fourth-order valence-electron chi connectivity index (χ4n) is 1.35. The Morgan fingerprint density at radius 1 is 1.46 bits per heavy atom. The minimum Gasteiger partial charge on any atom is -0.396 e. The molecule has 1 saturated heterocycles. The van der Waals surface area contributed by atoms with E-state index < -0.39 is 0 Å². The zero-order valence-corrected chi connectivity index (χ0v) is 8.03. The summed E-state index contributed by atoms with van der Waals surface area (Å²) in [5.74, 6) is -0.0341. The molecule has 0 saturated carbocycles. The summed E-state index contributed by atoms with van der Waals surface area (Å²) < 4.78 is 0. The molecule has 13 heavy (non-hydrogen) atoms. The zero-order chi connectivity index (χ0) is 9.52. The summed E-state index contributed by atoms with van der Waals surface area (Å²) >= 11 is 0. The van der Waals surface area contributed by atoms with Gasteiger partial charge >= 0.3 is 0 Å². The van der Waals surface area contributed by atoms with E-state index in [0.29, 0.717) is 6.61 Å². The van der Waals surface area contributed by atoms with Gasteiger partial charge in [0.05, 0.1) is 0 Å². The van der Waals surface area contributed by atoms with Crippen molar-refractivity contribution in [1.82, 2.24) is 4.90 Å². The fourth-order valence-corrected chi connectivity index (χ4v) is 1.35. The third kappa shape index (κ3) is 3.44. The largest absolute Gasteiger partial charge is 0.396 e. The second-order valence-corrected chi connectivity index (χ2v) is 3.04. The Labute approximate surface area is 78.5 Å². The van der Waals surface area contributed by atoms with Gasteiger partial charge in [-0.05, 0) is 26.2 Å². The van der Waals surface area contributed by atoms with E-state index in [1.54, 1.807) is 0 Å². The van der Waals surface area contributed by atoms with Gasteiger partial charge in [-0.1, -0.05) is 5.16 Å². The van der Waals surface area contributed by atoms with Crippen molar-refractivity contribution < 1.29 is 9.63 Å². The highest BCUT2D eigenvalue weighted by Crippen LogP contribution is 2.07. The third-order valence-electron chi connectivity index (χ3n) is 2.03. The molecule has 0 aromatic carbocycles. The molecule has 1 aliphatic heterocycles. The van der Waals surface area contributed by atoms with Gasteiger partial charge < -0.3 is 9.74 Å². The minimum atomic E-state index is -0.0341. The number of hydrogen-bond donors (Lipinski definition) is 0. The van der Waals surface area contributed by atoms with Crippen LogP contribution in [0.2, 0.25) is 0 Å². The van der Waals surface area contributed by atoms with E-state index >= 15 is 0 Å². The first kappa shape index (κ1) is 10.0. The smallest absolute Gasteiger partial charge is 0.268 e. The molecule has 4 nitrogen and oxygen atoms in total.